The molecule has 0 spiro atoms. The van der Waals surface area contributed by atoms with Gasteiger partial charge in [0.1, 0.15) is 5.82 Å². The van der Waals surface area contributed by atoms with Crippen molar-refractivity contribution in [2.24, 2.45) is 0 Å². The maximum absolute atomic E-state index is 13.1. The van der Waals surface area contributed by atoms with Crippen LogP contribution in [0.4, 0.5) is 10.3 Å². The summed E-state index contributed by atoms with van der Waals surface area (Å²) in [5, 5.41) is 11.8. The SMILES string of the molecule is O=C(O)CC(NC(=O)c1nc(N2CCCC2)ncc1Cl)c1ccc(F)cc1. The first-order valence-electron chi connectivity index (χ1n) is 8.49. The number of aliphatic carboxylic acids is 1. The summed E-state index contributed by atoms with van der Waals surface area (Å²) < 4.78 is 13.1. The second kappa shape index (κ2) is 8.30. The molecule has 9 heteroatoms. The fourth-order valence-corrected chi connectivity index (χ4v) is 3.11. The largest absolute Gasteiger partial charge is 0.481 e. The number of nitrogens with zero attached hydrogens (tertiary/aromatic N) is 3. The predicted octanol–water partition coefficient (Wildman–Crippen LogP) is 2.82. The van der Waals surface area contributed by atoms with E-state index < -0.39 is 23.7 Å². The van der Waals surface area contributed by atoms with Crippen molar-refractivity contribution in [3.05, 3.63) is 52.6 Å². The Morgan fingerprint density at radius 1 is 1.26 bits per heavy atom. The van der Waals surface area contributed by atoms with Crippen LogP contribution in [0, 0.1) is 5.82 Å². The summed E-state index contributed by atoms with van der Waals surface area (Å²) in [5.41, 5.74) is 0.447. The lowest BCUT2D eigenvalue weighted by molar-refractivity contribution is -0.137. The molecule has 0 radical (unpaired) electrons. The van der Waals surface area contributed by atoms with Gasteiger partial charge in [0.25, 0.3) is 5.91 Å². The molecule has 1 fully saturated rings. The zero-order valence-electron chi connectivity index (χ0n) is 14.4. The van der Waals surface area contributed by atoms with Gasteiger partial charge >= 0.3 is 5.97 Å². The van der Waals surface area contributed by atoms with Crippen LogP contribution in [0.25, 0.3) is 0 Å². The molecule has 1 aromatic heterocycles. The summed E-state index contributed by atoms with van der Waals surface area (Å²) in [4.78, 5) is 34.3. The second-order valence-corrected chi connectivity index (χ2v) is 6.64. The number of aromatic nitrogens is 2. The van der Waals surface area contributed by atoms with Crippen molar-refractivity contribution in [2.75, 3.05) is 18.0 Å². The summed E-state index contributed by atoms with van der Waals surface area (Å²) in [6, 6.07) is 4.43. The number of hydrogen-bond donors (Lipinski definition) is 2. The molecule has 2 heterocycles. The highest BCUT2D eigenvalue weighted by Gasteiger charge is 2.23. The van der Waals surface area contributed by atoms with Crippen molar-refractivity contribution in [2.45, 2.75) is 25.3 Å². The van der Waals surface area contributed by atoms with Crippen molar-refractivity contribution in [1.82, 2.24) is 15.3 Å². The van der Waals surface area contributed by atoms with Gasteiger partial charge in [-0.2, -0.15) is 0 Å². The van der Waals surface area contributed by atoms with Crippen molar-refractivity contribution >= 4 is 29.4 Å². The summed E-state index contributed by atoms with van der Waals surface area (Å²) >= 11 is 6.08. The van der Waals surface area contributed by atoms with Crippen LogP contribution < -0.4 is 10.2 Å². The molecule has 1 saturated heterocycles. The molecular weight excluding hydrogens is 375 g/mol. The molecule has 1 aliphatic rings. The Balaban J connectivity index is 1.83. The molecule has 2 N–H and O–H groups in total. The first kappa shape index (κ1) is 19.0. The molecule has 1 aliphatic heterocycles. The Morgan fingerprint density at radius 2 is 1.93 bits per heavy atom. The first-order chi connectivity index (χ1) is 12.9. The topological polar surface area (TPSA) is 95.4 Å². The Kier molecular flexibility index (Phi) is 5.85. The number of carboxylic acid groups (broad SMARTS) is 1. The summed E-state index contributed by atoms with van der Waals surface area (Å²) in [6.45, 7) is 1.61. The van der Waals surface area contributed by atoms with Crippen LogP contribution >= 0.6 is 11.6 Å². The zero-order chi connectivity index (χ0) is 19.4. The van der Waals surface area contributed by atoms with Gasteiger partial charge in [-0.1, -0.05) is 23.7 Å². The van der Waals surface area contributed by atoms with Gasteiger partial charge in [0.2, 0.25) is 5.95 Å². The van der Waals surface area contributed by atoms with Gasteiger partial charge in [-0.15, -0.1) is 0 Å². The molecule has 0 bridgehead atoms. The number of carbonyl (C=O) groups excluding carboxylic acids is 1. The number of hydrogen-bond acceptors (Lipinski definition) is 5. The van der Waals surface area contributed by atoms with Gasteiger partial charge in [0.05, 0.1) is 23.7 Å². The molecule has 0 aliphatic carbocycles. The van der Waals surface area contributed by atoms with E-state index in [0.29, 0.717) is 11.5 Å². The molecule has 1 atom stereocenters. The average Bonchev–Trinajstić information content (AvgIpc) is 3.16. The van der Waals surface area contributed by atoms with Gasteiger partial charge < -0.3 is 15.3 Å². The molecule has 1 amide bonds. The number of carboxylic acids is 1. The van der Waals surface area contributed by atoms with Crippen LogP contribution in [0.15, 0.2) is 30.5 Å². The van der Waals surface area contributed by atoms with Crippen molar-refractivity contribution < 1.29 is 19.1 Å². The highest BCUT2D eigenvalue weighted by molar-refractivity contribution is 6.33. The third kappa shape index (κ3) is 4.71. The molecule has 1 unspecified atom stereocenters. The van der Waals surface area contributed by atoms with Gasteiger partial charge in [0, 0.05) is 13.1 Å². The molecule has 0 saturated carbocycles. The van der Waals surface area contributed by atoms with E-state index in [2.05, 4.69) is 15.3 Å². The van der Waals surface area contributed by atoms with Crippen molar-refractivity contribution in [1.29, 1.82) is 0 Å². The maximum atomic E-state index is 13.1. The lowest BCUT2D eigenvalue weighted by atomic mass is 10.0. The minimum atomic E-state index is -1.10. The Hall–Kier alpha value is -2.74. The van der Waals surface area contributed by atoms with Crippen molar-refractivity contribution in [3.8, 4) is 0 Å². The van der Waals surface area contributed by atoms with E-state index >= 15 is 0 Å². The number of rotatable bonds is 6. The first-order valence-corrected chi connectivity index (χ1v) is 8.87. The van der Waals surface area contributed by atoms with Gasteiger partial charge in [-0.05, 0) is 30.5 Å². The van der Waals surface area contributed by atoms with E-state index in [9.17, 15) is 14.0 Å². The molecule has 2 aromatic rings. The van der Waals surface area contributed by atoms with Gasteiger partial charge in [-0.25, -0.2) is 14.4 Å². The summed E-state index contributed by atoms with van der Waals surface area (Å²) in [6.07, 6.45) is 3.05. The van der Waals surface area contributed by atoms with Crippen LogP contribution in [0.1, 0.15) is 41.4 Å². The molecule has 7 nitrogen and oxygen atoms in total. The van der Waals surface area contributed by atoms with Crippen LogP contribution in [0.5, 0.6) is 0 Å². The summed E-state index contributed by atoms with van der Waals surface area (Å²) in [7, 11) is 0. The van der Waals surface area contributed by atoms with Crippen LogP contribution in [0.2, 0.25) is 5.02 Å². The second-order valence-electron chi connectivity index (χ2n) is 6.24. The van der Waals surface area contributed by atoms with Crippen molar-refractivity contribution in [3.63, 3.8) is 0 Å². The fraction of sp³-hybridized carbons (Fsp3) is 0.333. The zero-order valence-corrected chi connectivity index (χ0v) is 15.1. The highest BCUT2D eigenvalue weighted by Crippen LogP contribution is 2.22. The Morgan fingerprint density at radius 3 is 2.56 bits per heavy atom. The van der Waals surface area contributed by atoms with Crippen LogP contribution in [-0.2, 0) is 4.79 Å². The van der Waals surface area contributed by atoms with E-state index in [4.69, 9.17) is 16.7 Å². The standard InChI is InChI=1S/C18H18ClFN4O3/c19-13-10-21-18(24-7-1-2-8-24)23-16(13)17(27)22-14(9-15(25)26)11-3-5-12(20)6-4-11/h3-6,10,14H,1-2,7-9H2,(H,22,27)(H,25,26). The van der Waals surface area contributed by atoms with E-state index in [0.717, 1.165) is 25.9 Å². The molecule has 1 aromatic carbocycles. The van der Waals surface area contributed by atoms with Gasteiger partial charge in [-0.3, -0.25) is 9.59 Å². The highest BCUT2D eigenvalue weighted by atomic mass is 35.5. The Bertz CT molecular complexity index is 841. The van der Waals surface area contributed by atoms with E-state index in [1.165, 1.54) is 30.5 Å². The molecule has 27 heavy (non-hydrogen) atoms. The lowest BCUT2D eigenvalue weighted by Gasteiger charge is -2.19. The van der Waals surface area contributed by atoms with E-state index in [1.807, 2.05) is 4.90 Å². The van der Waals surface area contributed by atoms with Gasteiger partial charge in [0.15, 0.2) is 5.69 Å². The summed E-state index contributed by atoms with van der Waals surface area (Å²) in [5.74, 6) is -1.75. The number of halogens is 2. The maximum Gasteiger partial charge on any atom is 0.305 e. The van der Waals surface area contributed by atoms with E-state index in [-0.39, 0.29) is 17.1 Å². The molecule has 3 rings (SSSR count). The van der Waals surface area contributed by atoms with E-state index in [1.54, 1.807) is 0 Å². The Labute approximate surface area is 160 Å². The molecule has 142 valence electrons. The third-order valence-electron chi connectivity index (χ3n) is 4.29. The fourth-order valence-electron chi connectivity index (χ4n) is 2.94. The number of amides is 1. The van der Waals surface area contributed by atoms with Crippen LogP contribution in [-0.4, -0.2) is 40.0 Å². The number of benzene rings is 1. The molecular formula is C18H18ClFN4O3. The minimum absolute atomic E-state index is 0.0222. The average molecular weight is 393 g/mol. The number of carbonyl (C=O) groups is 2. The third-order valence-corrected chi connectivity index (χ3v) is 4.57. The number of nitrogens with one attached hydrogen (secondary N) is 1. The monoisotopic (exact) mass is 392 g/mol. The predicted molar refractivity (Wildman–Crippen MR) is 97.3 cm³/mol. The minimum Gasteiger partial charge on any atom is -0.481 e. The normalized spacial score (nSPS) is 14.8. The quantitative estimate of drug-likeness (QED) is 0.784. The van der Waals surface area contributed by atoms with Crippen LogP contribution in [0.3, 0.4) is 0 Å². The smallest absolute Gasteiger partial charge is 0.305 e. The number of anilines is 1. The lowest BCUT2D eigenvalue weighted by Crippen LogP contribution is -2.32.